The van der Waals surface area contributed by atoms with Crippen LogP contribution in [0.1, 0.15) is 50.5 Å². The number of hydrogen-bond acceptors (Lipinski definition) is 8. The first-order valence-electron chi connectivity index (χ1n) is 12.9. The maximum absolute atomic E-state index is 13.4. The number of benzene rings is 1. The maximum Gasteiger partial charge on any atom is 0.308 e. The largest absolute Gasteiger partial charge is 0.481 e. The van der Waals surface area contributed by atoms with Gasteiger partial charge in [-0.25, -0.2) is 13.1 Å². The summed E-state index contributed by atoms with van der Waals surface area (Å²) in [7, 11) is -3.43. The van der Waals surface area contributed by atoms with Crippen LogP contribution in [0.2, 0.25) is 0 Å². The zero-order valence-corrected chi connectivity index (χ0v) is 22.5. The summed E-state index contributed by atoms with van der Waals surface area (Å²) in [5.41, 5.74) is 6.42. The van der Waals surface area contributed by atoms with Crippen LogP contribution < -0.4 is 19.9 Å². The van der Waals surface area contributed by atoms with Gasteiger partial charge in [-0.1, -0.05) is 19.4 Å². The molecule has 12 heteroatoms. The molecule has 0 radical (unpaired) electrons. The Balaban J connectivity index is 1.84. The van der Waals surface area contributed by atoms with Crippen LogP contribution in [-0.4, -0.2) is 93.6 Å². The number of fused-ring (bicyclic) bond motifs is 1. The van der Waals surface area contributed by atoms with E-state index in [2.05, 4.69) is 11.6 Å². The average molecular weight is 541 g/mol. The Morgan fingerprint density at radius 2 is 1.92 bits per heavy atom. The molecule has 37 heavy (non-hydrogen) atoms. The zero-order valence-electron chi connectivity index (χ0n) is 21.7. The highest BCUT2D eigenvalue weighted by molar-refractivity contribution is 7.88. The molecule has 1 amide bonds. The molecular formula is C25H40N4O7S. The van der Waals surface area contributed by atoms with Gasteiger partial charge in [0.15, 0.2) is 11.5 Å². The number of ether oxygens (including phenoxy) is 2. The number of carboxylic acids is 1. The van der Waals surface area contributed by atoms with Crippen molar-refractivity contribution >= 4 is 21.9 Å². The number of sulfonamides is 1. The summed E-state index contributed by atoms with van der Waals surface area (Å²) in [5.74, 6) is -1.08. The zero-order chi connectivity index (χ0) is 27.0. The molecule has 11 nitrogen and oxygen atoms in total. The fourth-order valence-electron chi connectivity index (χ4n) is 5.16. The number of likely N-dealkylation sites (tertiary alicyclic amines) is 1. The van der Waals surface area contributed by atoms with Crippen LogP contribution in [0.5, 0.6) is 11.5 Å². The molecule has 0 bridgehead atoms. The van der Waals surface area contributed by atoms with Crippen molar-refractivity contribution in [3.8, 4) is 11.5 Å². The number of nitrogens with two attached hydrogens (primary N) is 1. The van der Waals surface area contributed by atoms with Crippen molar-refractivity contribution < 1.29 is 32.6 Å². The molecule has 0 aromatic heterocycles. The summed E-state index contributed by atoms with van der Waals surface area (Å²) in [4.78, 5) is 29.7. The van der Waals surface area contributed by atoms with Gasteiger partial charge >= 0.3 is 5.97 Å². The first-order valence-corrected chi connectivity index (χ1v) is 14.8. The Labute approximate surface area is 219 Å². The molecule has 208 valence electrons. The van der Waals surface area contributed by atoms with Crippen molar-refractivity contribution in [3.63, 3.8) is 0 Å². The normalized spacial score (nSPS) is 21.3. The number of carboxylic acid groups (broad SMARTS) is 1. The molecule has 3 rings (SSSR count). The number of amides is 1. The lowest BCUT2D eigenvalue weighted by molar-refractivity contribution is -0.143. The second-order valence-corrected chi connectivity index (χ2v) is 11.6. The third kappa shape index (κ3) is 8.03. The van der Waals surface area contributed by atoms with E-state index in [9.17, 15) is 23.1 Å². The molecule has 2 aliphatic heterocycles. The fourth-order valence-corrected chi connectivity index (χ4v) is 5.65. The molecule has 3 atom stereocenters. The standard InChI is InChI=1S/C25H40N4O7S/c1-3-4-12-28(13-6-5-10-26)23(30)16-29-15-19(18-7-8-21-22(14-18)36-17-35-21)24(25(31)32)20(29)9-11-27-37(2,33)34/h7-8,14,19-20,24,27H,3-6,9-13,15-17,26H2,1-2H3,(H,31,32)/t19-,20+,24-/m1/s1. The van der Waals surface area contributed by atoms with Gasteiger partial charge in [0.1, 0.15) is 0 Å². The molecule has 1 fully saturated rings. The molecular weight excluding hydrogens is 500 g/mol. The van der Waals surface area contributed by atoms with Crippen LogP contribution >= 0.6 is 0 Å². The number of unbranched alkanes of at least 4 members (excludes halogenated alkanes) is 2. The highest BCUT2D eigenvalue weighted by Crippen LogP contribution is 2.42. The van der Waals surface area contributed by atoms with Crippen molar-refractivity contribution in [2.75, 3.05) is 52.3 Å². The molecule has 2 heterocycles. The minimum absolute atomic E-state index is 0.0537. The molecule has 1 aromatic rings. The van der Waals surface area contributed by atoms with Gasteiger partial charge in [-0.3, -0.25) is 14.5 Å². The van der Waals surface area contributed by atoms with Crippen LogP contribution in [0.25, 0.3) is 0 Å². The summed E-state index contributed by atoms with van der Waals surface area (Å²) >= 11 is 0. The molecule has 1 aromatic carbocycles. The Hall–Kier alpha value is -2.41. The van der Waals surface area contributed by atoms with E-state index < -0.39 is 33.9 Å². The van der Waals surface area contributed by atoms with Crippen LogP contribution in [0, 0.1) is 5.92 Å². The van der Waals surface area contributed by atoms with Crippen molar-refractivity contribution in [1.29, 1.82) is 0 Å². The van der Waals surface area contributed by atoms with Crippen molar-refractivity contribution in [2.24, 2.45) is 11.7 Å². The lowest BCUT2D eigenvalue weighted by Gasteiger charge is -2.29. The summed E-state index contributed by atoms with van der Waals surface area (Å²) in [5, 5.41) is 10.3. The molecule has 0 unspecified atom stereocenters. The first kappa shape index (κ1) is 29.2. The lowest BCUT2D eigenvalue weighted by Crippen LogP contribution is -2.45. The third-order valence-electron chi connectivity index (χ3n) is 7.02. The van der Waals surface area contributed by atoms with Gasteiger partial charge in [-0.05, 0) is 49.9 Å². The number of carbonyl (C=O) groups excluding carboxylic acids is 1. The predicted molar refractivity (Wildman–Crippen MR) is 139 cm³/mol. The van der Waals surface area contributed by atoms with E-state index in [0.717, 1.165) is 37.5 Å². The SMILES string of the molecule is CCCCN(CCCCN)C(=O)CN1C[C@H](c2ccc3c(c2)OCO3)[C@@H](C(=O)O)[C@@H]1CCNS(C)(=O)=O. The van der Waals surface area contributed by atoms with Crippen LogP contribution in [-0.2, 0) is 19.6 Å². The van der Waals surface area contributed by atoms with E-state index in [4.69, 9.17) is 15.2 Å². The number of nitrogens with zero attached hydrogens (tertiary/aromatic N) is 2. The average Bonchev–Trinajstić information content (AvgIpc) is 3.44. The van der Waals surface area contributed by atoms with E-state index in [0.29, 0.717) is 37.7 Å². The number of rotatable bonds is 15. The van der Waals surface area contributed by atoms with E-state index >= 15 is 0 Å². The number of carbonyl (C=O) groups is 2. The summed E-state index contributed by atoms with van der Waals surface area (Å²) in [6.07, 6.45) is 4.81. The van der Waals surface area contributed by atoms with Gasteiger partial charge in [0.2, 0.25) is 22.7 Å². The minimum atomic E-state index is -3.43. The maximum atomic E-state index is 13.4. The van der Waals surface area contributed by atoms with Gasteiger partial charge in [0, 0.05) is 38.1 Å². The van der Waals surface area contributed by atoms with E-state index in [-0.39, 0.29) is 32.2 Å². The Kier molecular flexibility index (Phi) is 10.6. The number of aliphatic carboxylic acids is 1. The van der Waals surface area contributed by atoms with E-state index in [1.807, 2.05) is 15.9 Å². The molecule has 1 saturated heterocycles. The Bertz CT molecular complexity index is 1040. The summed E-state index contributed by atoms with van der Waals surface area (Å²) in [6.45, 7) is 4.51. The number of nitrogens with one attached hydrogen (secondary N) is 1. The molecule has 2 aliphatic rings. The quantitative estimate of drug-likeness (QED) is 0.279. The second-order valence-electron chi connectivity index (χ2n) is 9.77. The first-order chi connectivity index (χ1) is 17.6. The molecule has 4 N–H and O–H groups in total. The third-order valence-corrected chi connectivity index (χ3v) is 7.75. The van der Waals surface area contributed by atoms with E-state index in [1.165, 1.54) is 0 Å². The van der Waals surface area contributed by atoms with Gasteiger partial charge < -0.3 is 25.2 Å². The molecule has 0 spiro atoms. The summed E-state index contributed by atoms with van der Waals surface area (Å²) in [6, 6.07) is 4.89. The van der Waals surface area contributed by atoms with Gasteiger partial charge in [-0.2, -0.15) is 0 Å². The van der Waals surface area contributed by atoms with Gasteiger partial charge in [0.25, 0.3) is 0 Å². The molecule has 0 aliphatic carbocycles. The second kappa shape index (κ2) is 13.4. The lowest BCUT2D eigenvalue weighted by atomic mass is 9.84. The minimum Gasteiger partial charge on any atom is -0.481 e. The van der Waals surface area contributed by atoms with Crippen LogP contribution in [0.3, 0.4) is 0 Å². The predicted octanol–water partition coefficient (Wildman–Crippen LogP) is 1.19. The highest BCUT2D eigenvalue weighted by Gasteiger charge is 2.47. The van der Waals surface area contributed by atoms with Crippen molar-refractivity contribution in [2.45, 2.75) is 51.0 Å². The van der Waals surface area contributed by atoms with E-state index in [1.54, 1.807) is 12.1 Å². The van der Waals surface area contributed by atoms with Crippen LogP contribution in [0.4, 0.5) is 0 Å². The van der Waals surface area contributed by atoms with Gasteiger partial charge in [0.05, 0.1) is 18.7 Å². The highest BCUT2D eigenvalue weighted by atomic mass is 32.2. The summed E-state index contributed by atoms with van der Waals surface area (Å²) < 4.78 is 36.7. The smallest absolute Gasteiger partial charge is 0.308 e. The number of hydrogen-bond donors (Lipinski definition) is 3. The topological polar surface area (TPSA) is 152 Å². The Morgan fingerprint density at radius 1 is 1.19 bits per heavy atom. The molecule has 0 saturated carbocycles. The van der Waals surface area contributed by atoms with Crippen molar-refractivity contribution in [1.82, 2.24) is 14.5 Å². The fraction of sp³-hybridized carbons (Fsp3) is 0.680. The van der Waals surface area contributed by atoms with Gasteiger partial charge in [-0.15, -0.1) is 0 Å². The monoisotopic (exact) mass is 540 g/mol. The van der Waals surface area contributed by atoms with Crippen molar-refractivity contribution in [3.05, 3.63) is 23.8 Å². The van der Waals surface area contributed by atoms with Crippen LogP contribution in [0.15, 0.2) is 18.2 Å². The Morgan fingerprint density at radius 3 is 2.59 bits per heavy atom.